The number of rotatable bonds is 2. The zero-order chi connectivity index (χ0) is 16.8. The van der Waals surface area contributed by atoms with Crippen LogP contribution >= 0.6 is 0 Å². The van der Waals surface area contributed by atoms with Crippen molar-refractivity contribution in [1.82, 2.24) is 10.2 Å². The van der Waals surface area contributed by atoms with Crippen LogP contribution in [-0.2, 0) is 14.6 Å². The van der Waals surface area contributed by atoms with Crippen LogP contribution in [0.5, 0.6) is 0 Å². The highest BCUT2D eigenvalue weighted by Gasteiger charge is 2.42. The van der Waals surface area contributed by atoms with E-state index in [0.29, 0.717) is 24.2 Å². The van der Waals surface area contributed by atoms with E-state index in [-0.39, 0.29) is 28.7 Å². The Labute approximate surface area is 135 Å². The molecule has 0 radical (unpaired) electrons. The smallest absolute Gasteiger partial charge is 0.254 e. The molecule has 1 aromatic rings. The van der Waals surface area contributed by atoms with Gasteiger partial charge in [0.2, 0.25) is 5.91 Å². The molecule has 2 aliphatic rings. The van der Waals surface area contributed by atoms with Crippen LogP contribution in [0.1, 0.15) is 28.8 Å². The Hall–Kier alpha value is -1.89. The van der Waals surface area contributed by atoms with Crippen LogP contribution in [0, 0.1) is 12.8 Å². The molecule has 0 aliphatic carbocycles. The normalized spacial score (nSPS) is 24.3. The molecule has 2 amide bonds. The SMILES string of the molecule is Cc1ccc(C(=O)N2CCC[C@H]3C(=O)NC[C@H]32)cc1S(C)(=O)=O. The lowest BCUT2D eigenvalue weighted by Gasteiger charge is -2.36. The number of likely N-dealkylation sites (tertiary alicyclic amines) is 1. The second kappa shape index (κ2) is 5.63. The van der Waals surface area contributed by atoms with Gasteiger partial charge in [0.1, 0.15) is 0 Å². The lowest BCUT2D eigenvalue weighted by Crippen LogP contribution is -2.48. The van der Waals surface area contributed by atoms with Gasteiger partial charge in [0.05, 0.1) is 16.9 Å². The molecule has 2 aliphatic heterocycles. The van der Waals surface area contributed by atoms with Crippen molar-refractivity contribution in [3.05, 3.63) is 29.3 Å². The maximum absolute atomic E-state index is 12.8. The molecule has 0 unspecified atom stereocenters. The standard InChI is InChI=1S/C16H20N2O4S/c1-10-5-6-11(8-14(10)23(2,21)22)16(20)18-7-3-4-12-13(18)9-17-15(12)19/h5-6,8,12-13H,3-4,7,9H2,1-2H3,(H,17,19)/t12-,13-/m1/s1. The largest absolute Gasteiger partial charge is 0.354 e. The van der Waals surface area contributed by atoms with Crippen molar-refractivity contribution in [2.45, 2.75) is 30.7 Å². The van der Waals surface area contributed by atoms with Crippen molar-refractivity contribution in [2.24, 2.45) is 5.92 Å². The van der Waals surface area contributed by atoms with E-state index in [2.05, 4.69) is 5.32 Å². The molecule has 0 spiro atoms. The van der Waals surface area contributed by atoms with Crippen LogP contribution in [0.25, 0.3) is 0 Å². The van der Waals surface area contributed by atoms with Crippen molar-refractivity contribution in [3.63, 3.8) is 0 Å². The Morgan fingerprint density at radius 3 is 2.78 bits per heavy atom. The Balaban J connectivity index is 1.93. The van der Waals surface area contributed by atoms with E-state index in [4.69, 9.17) is 0 Å². The first-order chi connectivity index (χ1) is 10.8. The molecule has 7 heteroatoms. The van der Waals surface area contributed by atoms with Gasteiger partial charge < -0.3 is 10.2 Å². The summed E-state index contributed by atoms with van der Waals surface area (Å²) in [4.78, 5) is 26.5. The van der Waals surface area contributed by atoms with E-state index in [1.165, 1.54) is 6.07 Å². The number of piperidine rings is 1. The number of aryl methyl sites for hydroxylation is 1. The Morgan fingerprint density at radius 2 is 2.09 bits per heavy atom. The van der Waals surface area contributed by atoms with Gasteiger partial charge in [0, 0.05) is 24.9 Å². The van der Waals surface area contributed by atoms with Crippen LogP contribution in [0.2, 0.25) is 0 Å². The maximum Gasteiger partial charge on any atom is 0.254 e. The number of sulfone groups is 1. The highest BCUT2D eigenvalue weighted by molar-refractivity contribution is 7.90. The van der Waals surface area contributed by atoms with Gasteiger partial charge in [0.25, 0.3) is 5.91 Å². The molecule has 1 aromatic carbocycles. The lowest BCUT2D eigenvalue weighted by atomic mass is 9.91. The number of nitrogens with zero attached hydrogens (tertiary/aromatic N) is 1. The molecule has 2 atom stereocenters. The summed E-state index contributed by atoms with van der Waals surface area (Å²) in [6.07, 6.45) is 2.72. The van der Waals surface area contributed by atoms with Crippen LogP contribution in [0.15, 0.2) is 23.1 Å². The topological polar surface area (TPSA) is 83.6 Å². The second-order valence-corrected chi connectivity index (χ2v) is 8.30. The molecule has 2 heterocycles. The fraction of sp³-hybridized carbons (Fsp3) is 0.500. The number of fused-ring (bicyclic) bond motifs is 1. The van der Waals surface area contributed by atoms with Crippen LogP contribution < -0.4 is 5.32 Å². The Kier molecular flexibility index (Phi) is 3.91. The number of amides is 2. The average Bonchev–Trinajstić information content (AvgIpc) is 2.87. The summed E-state index contributed by atoms with van der Waals surface area (Å²) >= 11 is 0. The number of benzene rings is 1. The van der Waals surface area contributed by atoms with E-state index in [1.54, 1.807) is 24.0 Å². The number of carbonyl (C=O) groups is 2. The van der Waals surface area contributed by atoms with Gasteiger partial charge in [0.15, 0.2) is 9.84 Å². The number of carbonyl (C=O) groups excluding carboxylic acids is 2. The summed E-state index contributed by atoms with van der Waals surface area (Å²) in [7, 11) is -3.38. The Bertz CT molecular complexity index is 772. The van der Waals surface area contributed by atoms with Crippen molar-refractivity contribution in [3.8, 4) is 0 Å². The van der Waals surface area contributed by atoms with E-state index in [1.807, 2.05) is 0 Å². The van der Waals surface area contributed by atoms with Gasteiger partial charge in [-0.25, -0.2) is 8.42 Å². The fourth-order valence-electron chi connectivity index (χ4n) is 3.50. The van der Waals surface area contributed by atoms with Crippen molar-refractivity contribution < 1.29 is 18.0 Å². The molecule has 0 bridgehead atoms. The van der Waals surface area contributed by atoms with Gasteiger partial charge in [-0.05, 0) is 37.5 Å². The van der Waals surface area contributed by atoms with Crippen LogP contribution in [0.4, 0.5) is 0 Å². The number of hydrogen-bond acceptors (Lipinski definition) is 4. The molecule has 3 rings (SSSR count). The summed E-state index contributed by atoms with van der Waals surface area (Å²) in [6, 6.07) is 4.62. The molecule has 6 nitrogen and oxygen atoms in total. The molecule has 2 saturated heterocycles. The van der Waals surface area contributed by atoms with E-state index in [0.717, 1.165) is 19.1 Å². The molecule has 1 N–H and O–H groups in total. The molecule has 0 aromatic heterocycles. The zero-order valence-electron chi connectivity index (χ0n) is 13.2. The predicted molar refractivity (Wildman–Crippen MR) is 84.8 cm³/mol. The van der Waals surface area contributed by atoms with Gasteiger partial charge in [-0.1, -0.05) is 6.07 Å². The highest BCUT2D eigenvalue weighted by Crippen LogP contribution is 2.29. The van der Waals surface area contributed by atoms with Gasteiger partial charge in [-0.3, -0.25) is 9.59 Å². The van der Waals surface area contributed by atoms with Gasteiger partial charge in [-0.2, -0.15) is 0 Å². The summed E-state index contributed by atoms with van der Waals surface area (Å²) in [5.41, 5.74) is 0.981. The summed E-state index contributed by atoms with van der Waals surface area (Å²) in [6.45, 7) is 2.78. The minimum absolute atomic E-state index is 0.00762. The maximum atomic E-state index is 12.8. The van der Waals surface area contributed by atoms with Crippen LogP contribution in [-0.4, -0.2) is 50.5 Å². The van der Waals surface area contributed by atoms with Crippen molar-refractivity contribution in [1.29, 1.82) is 0 Å². The van der Waals surface area contributed by atoms with E-state index >= 15 is 0 Å². The van der Waals surface area contributed by atoms with Gasteiger partial charge >= 0.3 is 0 Å². The average molecular weight is 336 g/mol. The van der Waals surface area contributed by atoms with Crippen molar-refractivity contribution >= 4 is 21.7 Å². The quantitative estimate of drug-likeness (QED) is 0.864. The Morgan fingerprint density at radius 1 is 1.35 bits per heavy atom. The van der Waals surface area contributed by atoms with Crippen molar-refractivity contribution in [2.75, 3.05) is 19.3 Å². The molecule has 23 heavy (non-hydrogen) atoms. The minimum atomic E-state index is -3.38. The highest BCUT2D eigenvalue weighted by atomic mass is 32.2. The second-order valence-electron chi connectivity index (χ2n) is 6.31. The van der Waals surface area contributed by atoms with E-state index in [9.17, 15) is 18.0 Å². The molecular weight excluding hydrogens is 316 g/mol. The van der Waals surface area contributed by atoms with E-state index < -0.39 is 9.84 Å². The monoisotopic (exact) mass is 336 g/mol. The van der Waals surface area contributed by atoms with Crippen LogP contribution in [0.3, 0.4) is 0 Å². The van der Waals surface area contributed by atoms with Gasteiger partial charge in [-0.15, -0.1) is 0 Å². The number of nitrogens with one attached hydrogen (secondary N) is 1. The first-order valence-corrected chi connectivity index (χ1v) is 9.57. The summed E-state index contributed by atoms with van der Waals surface area (Å²) < 4.78 is 23.7. The third-order valence-electron chi connectivity index (χ3n) is 4.70. The summed E-state index contributed by atoms with van der Waals surface area (Å²) in [5, 5.41) is 2.81. The minimum Gasteiger partial charge on any atom is -0.354 e. The molecular formula is C16H20N2O4S. The number of hydrogen-bond donors (Lipinski definition) is 1. The molecule has 124 valence electrons. The first kappa shape index (κ1) is 16.0. The molecule has 2 fully saturated rings. The first-order valence-electron chi connectivity index (χ1n) is 7.68. The fourth-order valence-corrected chi connectivity index (χ4v) is 4.50. The third kappa shape index (κ3) is 2.85. The summed E-state index contributed by atoms with van der Waals surface area (Å²) in [5.74, 6) is -0.346. The lowest BCUT2D eigenvalue weighted by molar-refractivity contribution is -0.123. The zero-order valence-corrected chi connectivity index (χ0v) is 14.0. The third-order valence-corrected chi connectivity index (χ3v) is 5.94. The molecule has 0 saturated carbocycles. The predicted octanol–water partition coefficient (Wildman–Crippen LogP) is 0.749.